The van der Waals surface area contributed by atoms with Gasteiger partial charge in [-0.2, -0.15) is 18.6 Å². The van der Waals surface area contributed by atoms with Gasteiger partial charge in [0.1, 0.15) is 0 Å². The van der Waals surface area contributed by atoms with Gasteiger partial charge >= 0.3 is 12.1 Å². The van der Waals surface area contributed by atoms with Crippen molar-refractivity contribution in [2.45, 2.75) is 19.3 Å². The molecule has 0 aliphatic heterocycles. The number of carbonyl (C=O) groups is 1. The van der Waals surface area contributed by atoms with Crippen molar-refractivity contribution in [1.82, 2.24) is 15.4 Å². The largest absolute Gasteiger partial charge is 0.463 e. The van der Waals surface area contributed by atoms with Crippen molar-refractivity contribution in [2.24, 2.45) is 0 Å². The lowest BCUT2D eigenvalue weighted by molar-refractivity contribution is -0.154. The summed E-state index contributed by atoms with van der Waals surface area (Å²) in [4.78, 5) is 17.7. The summed E-state index contributed by atoms with van der Waals surface area (Å²) in [5.41, 5.74) is 3.23. The molecule has 0 amide bonds. The Hall–Kier alpha value is -1.94. The molecular formula is C9H11F3N4O3. The second-order valence-electron chi connectivity index (χ2n) is 3.22. The SMILES string of the molecule is CCOC(=O)C(O)NNc1ncc(C(F)(F)F)cn1. The van der Waals surface area contributed by atoms with Gasteiger partial charge in [0.2, 0.25) is 12.2 Å². The number of alkyl halides is 3. The molecule has 7 nitrogen and oxygen atoms in total. The lowest BCUT2D eigenvalue weighted by Crippen LogP contribution is -2.41. The molecule has 1 aromatic heterocycles. The van der Waals surface area contributed by atoms with Crippen LogP contribution in [0.15, 0.2) is 12.4 Å². The summed E-state index contributed by atoms with van der Waals surface area (Å²) < 4.78 is 41.1. The van der Waals surface area contributed by atoms with E-state index in [-0.39, 0.29) is 12.6 Å². The van der Waals surface area contributed by atoms with Crippen LogP contribution in [0.1, 0.15) is 12.5 Å². The van der Waals surface area contributed by atoms with E-state index in [0.29, 0.717) is 12.4 Å². The molecular weight excluding hydrogens is 269 g/mol. The second-order valence-corrected chi connectivity index (χ2v) is 3.22. The van der Waals surface area contributed by atoms with E-state index < -0.39 is 23.9 Å². The first-order chi connectivity index (χ1) is 8.84. The number of carbonyl (C=O) groups excluding carboxylic acids is 1. The van der Waals surface area contributed by atoms with Crippen LogP contribution in [0.2, 0.25) is 0 Å². The van der Waals surface area contributed by atoms with Crippen LogP contribution in [-0.4, -0.2) is 33.9 Å². The van der Waals surface area contributed by atoms with Crippen LogP contribution in [0.3, 0.4) is 0 Å². The maximum absolute atomic E-state index is 12.2. The van der Waals surface area contributed by atoms with Crippen molar-refractivity contribution in [3.63, 3.8) is 0 Å². The molecule has 0 fully saturated rings. The number of nitrogens with zero attached hydrogens (tertiary/aromatic N) is 2. The number of anilines is 1. The molecule has 0 saturated heterocycles. The number of ether oxygens (including phenoxy) is 1. The molecule has 0 spiro atoms. The fraction of sp³-hybridized carbons (Fsp3) is 0.444. The highest BCUT2D eigenvalue weighted by Crippen LogP contribution is 2.27. The van der Waals surface area contributed by atoms with Gasteiger partial charge in [0, 0.05) is 12.4 Å². The number of esters is 1. The van der Waals surface area contributed by atoms with E-state index in [2.05, 4.69) is 25.6 Å². The van der Waals surface area contributed by atoms with Crippen LogP contribution in [0, 0.1) is 0 Å². The Bertz CT molecular complexity index is 424. The Morgan fingerprint density at radius 1 is 1.47 bits per heavy atom. The van der Waals surface area contributed by atoms with E-state index >= 15 is 0 Å². The topological polar surface area (TPSA) is 96.4 Å². The number of nitrogens with one attached hydrogen (secondary N) is 2. The third-order valence-electron chi connectivity index (χ3n) is 1.81. The van der Waals surface area contributed by atoms with Crippen LogP contribution in [-0.2, 0) is 15.7 Å². The summed E-state index contributed by atoms with van der Waals surface area (Å²) in [5.74, 6) is -1.18. The molecule has 1 rings (SSSR count). The summed E-state index contributed by atoms with van der Waals surface area (Å²) in [6, 6.07) is 0. The van der Waals surface area contributed by atoms with Crippen molar-refractivity contribution < 1.29 is 27.8 Å². The zero-order valence-corrected chi connectivity index (χ0v) is 9.73. The van der Waals surface area contributed by atoms with Gasteiger partial charge < -0.3 is 9.84 Å². The summed E-state index contributed by atoms with van der Waals surface area (Å²) in [6.45, 7) is 1.63. The molecule has 0 aliphatic carbocycles. The number of hydrogen-bond acceptors (Lipinski definition) is 7. The third-order valence-corrected chi connectivity index (χ3v) is 1.81. The molecule has 19 heavy (non-hydrogen) atoms. The number of aliphatic hydroxyl groups excluding tert-OH is 1. The Morgan fingerprint density at radius 2 is 2.05 bits per heavy atom. The summed E-state index contributed by atoms with van der Waals surface area (Å²) in [6.07, 6.45) is -5.09. The first kappa shape index (κ1) is 15.1. The molecule has 1 heterocycles. The van der Waals surface area contributed by atoms with E-state index in [1.54, 1.807) is 6.92 Å². The van der Waals surface area contributed by atoms with E-state index in [0.717, 1.165) is 0 Å². The average molecular weight is 280 g/mol. The predicted octanol–water partition coefficient (Wildman–Crippen LogP) is 0.293. The molecule has 0 bridgehead atoms. The molecule has 0 aliphatic rings. The minimum atomic E-state index is -4.53. The van der Waals surface area contributed by atoms with Crippen LogP contribution in [0.5, 0.6) is 0 Å². The monoisotopic (exact) mass is 280 g/mol. The molecule has 0 saturated carbocycles. The zero-order chi connectivity index (χ0) is 14.5. The molecule has 1 unspecified atom stereocenters. The van der Waals surface area contributed by atoms with Gasteiger partial charge in [-0.15, -0.1) is 0 Å². The summed E-state index contributed by atoms with van der Waals surface area (Å²) in [5, 5.41) is 9.21. The van der Waals surface area contributed by atoms with Gasteiger partial charge in [0.25, 0.3) is 0 Å². The maximum Gasteiger partial charge on any atom is 0.419 e. The lowest BCUT2D eigenvalue weighted by Gasteiger charge is -2.12. The first-order valence-electron chi connectivity index (χ1n) is 5.10. The van der Waals surface area contributed by atoms with E-state index in [4.69, 9.17) is 0 Å². The smallest absolute Gasteiger partial charge is 0.419 e. The van der Waals surface area contributed by atoms with Gasteiger partial charge in [-0.05, 0) is 6.92 Å². The highest BCUT2D eigenvalue weighted by Gasteiger charge is 2.31. The molecule has 3 N–H and O–H groups in total. The Labute approximate surface area is 105 Å². The number of aromatic nitrogens is 2. The summed E-state index contributed by atoms with van der Waals surface area (Å²) in [7, 11) is 0. The Kier molecular flexibility index (Phi) is 5.01. The van der Waals surface area contributed by atoms with Crippen molar-refractivity contribution >= 4 is 11.9 Å². The highest BCUT2D eigenvalue weighted by atomic mass is 19.4. The first-order valence-corrected chi connectivity index (χ1v) is 5.10. The minimum absolute atomic E-state index is 0.0777. The van der Waals surface area contributed by atoms with Gasteiger partial charge in [-0.3, -0.25) is 5.43 Å². The Balaban J connectivity index is 2.53. The Morgan fingerprint density at radius 3 is 2.53 bits per heavy atom. The van der Waals surface area contributed by atoms with Gasteiger partial charge in [-0.25, -0.2) is 14.8 Å². The second kappa shape index (κ2) is 6.29. The van der Waals surface area contributed by atoms with Crippen LogP contribution in [0.25, 0.3) is 0 Å². The van der Waals surface area contributed by atoms with Gasteiger partial charge in [0.05, 0.1) is 12.2 Å². The zero-order valence-electron chi connectivity index (χ0n) is 9.73. The van der Waals surface area contributed by atoms with Crippen molar-refractivity contribution in [3.8, 4) is 0 Å². The normalized spacial score (nSPS) is 12.9. The van der Waals surface area contributed by atoms with Crippen molar-refractivity contribution in [3.05, 3.63) is 18.0 Å². The number of hydrazine groups is 1. The summed E-state index contributed by atoms with van der Waals surface area (Å²) >= 11 is 0. The van der Waals surface area contributed by atoms with E-state index in [1.807, 2.05) is 0 Å². The van der Waals surface area contributed by atoms with Crippen LogP contribution >= 0.6 is 0 Å². The third kappa shape index (κ3) is 4.67. The fourth-order valence-electron chi connectivity index (χ4n) is 0.952. The van der Waals surface area contributed by atoms with Gasteiger partial charge in [-0.1, -0.05) is 0 Å². The number of rotatable bonds is 5. The average Bonchev–Trinajstić information content (AvgIpc) is 2.35. The quantitative estimate of drug-likeness (QED) is 0.405. The number of halogens is 3. The van der Waals surface area contributed by atoms with Crippen LogP contribution in [0.4, 0.5) is 19.1 Å². The fourth-order valence-corrected chi connectivity index (χ4v) is 0.952. The maximum atomic E-state index is 12.2. The number of hydrogen-bond donors (Lipinski definition) is 3. The molecule has 106 valence electrons. The number of aliphatic hydroxyl groups is 1. The lowest BCUT2D eigenvalue weighted by atomic mass is 10.3. The van der Waals surface area contributed by atoms with E-state index in [1.165, 1.54) is 0 Å². The predicted molar refractivity (Wildman–Crippen MR) is 56.4 cm³/mol. The van der Waals surface area contributed by atoms with Crippen LogP contribution < -0.4 is 10.9 Å². The van der Waals surface area contributed by atoms with Gasteiger partial charge in [0.15, 0.2) is 0 Å². The van der Waals surface area contributed by atoms with Crippen molar-refractivity contribution in [2.75, 3.05) is 12.0 Å². The standard InChI is InChI=1S/C9H11F3N4O3/c1-2-19-7(18)6(17)15-16-8-13-3-5(4-14-8)9(10,11)12/h3-4,6,15,17H,2H2,1H3,(H,13,14,16). The minimum Gasteiger partial charge on any atom is -0.463 e. The molecule has 10 heteroatoms. The molecule has 0 aromatic carbocycles. The molecule has 1 aromatic rings. The van der Waals surface area contributed by atoms with Crippen molar-refractivity contribution in [1.29, 1.82) is 0 Å². The molecule has 1 atom stereocenters. The highest BCUT2D eigenvalue weighted by molar-refractivity contribution is 5.73. The molecule has 0 radical (unpaired) electrons. The van der Waals surface area contributed by atoms with E-state index in [9.17, 15) is 23.1 Å².